The number of halogens is 3. The fourth-order valence-electron chi connectivity index (χ4n) is 3.50. The highest BCUT2D eigenvalue weighted by atomic mass is 32.1. The van der Waals surface area contributed by atoms with Gasteiger partial charge < -0.3 is 10.2 Å². The molecule has 0 bridgehead atoms. The number of alkyl halides is 3. The molecular weight excluding hydrogens is 455 g/mol. The number of nitrogens with zero attached hydrogens (tertiary/aromatic N) is 4. The molecule has 0 fully saturated rings. The Kier molecular flexibility index (Phi) is 7.58. The van der Waals surface area contributed by atoms with Gasteiger partial charge in [0.15, 0.2) is 0 Å². The van der Waals surface area contributed by atoms with Crippen LogP contribution in [0.1, 0.15) is 52.4 Å². The predicted octanol–water partition coefficient (Wildman–Crippen LogP) is 4.83. The van der Waals surface area contributed by atoms with E-state index in [-0.39, 0.29) is 44.8 Å². The van der Waals surface area contributed by atoms with E-state index in [0.29, 0.717) is 11.4 Å². The van der Waals surface area contributed by atoms with Crippen LogP contribution in [0.5, 0.6) is 0 Å². The minimum Gasteiger partial charge on any atom is -0.320 e. The number of hydrogen-bond acceptors (Lipinski definition) is 4. The average Bonchev–Trinajstić information content (AvgIpc) is 3.16. The molecule has 0 aliphatic carbocycles. The van der Waals surface area contributed by atoms with Gasteiger partial charge in [-0.1, -0.05) is 7.43 Å². The molecule has 3 aromatic rings. The maximum Gasteiger partial charge on any atom is 0.416 e. The van der Waals surface area contributed by atoms with Gasteiger partial charge in [-0.3, -0.25) is 19.3 Å². The topological polar surface area (TPSA) is 80.1 Å². The molecule has 0 saturated heterocycles. The summed E-state index contributed by atoms with van der Waals surface area (Å²) in [6.45, 7) is 3.85. The molecule has 1 aliphatic heterocycles. The van der Waals surface area contributed by atoms with Gasteiger partial charge in [-0.25, -0.2) is 0 Å². The zero-order chi connectivity index (χ0) is 22.3. The highest BCUT2D eigenvalue weighted by Gasteiger charge is 2.36. The van der Waals surface area contributed by atoms with Crippen LogP contribution >= 0.6 is 13.5 Å². The van der Waals surface area contributed by atoms with Crippen molar-refractivity contribution in [3.8, 4) is 0 Å². The van der Waals surface area contributed by atoms with Crippen LogP contribution in [0.15, 0.2) is 48.9 Å². The first-order chi connectivity index (χ1) is 14.6. The van der Waals surface area contributed by atoms with Crippen LogP contribution in [0.2, 0.25) is 0 Å². The molecule has 2 aromatic heterocycles. The monoisotopic (exact) mass is 479 g/mol. The fourth-order valence-corrected chi connectivity index (χ4v) is 3.50. The molecule has 0 unspecified atom stereocenters. The Balaban J connectivity index is 0.00000193. The first-order valence-electron chi connectivity index (χ1n) is 9.45. The second-order valence-electron chi connectivity index (χ2n) is 7.37. The summed E-state index contributed by atoms with van der Waals surface area (Å²) in [5.41, 5.74) is 0.998. The Hall–Kier alpha value is -3.34. The lowest BCUT2D eigenvalue weighted by molar-refractivity contribution is -0.137. The summed E-state index contributed by atoms with van der Waals surface area (Å²) < 4.78 is 40.0. The van der Waals surface area contributed by atoms with Crippen molar-refractivity contribution in [2.75, 3.05) is 16.8 Å². The van der Waals surface area contributed by atoms with Crippen molar-refractivity contribution < 1.29 is 22.8 Å². The third-order valence-corrected chi connectivity index (χ3v) is 4.99. The maximum absolute atomic E-state index is 13.2. The first-order valence-corrected chi connectivity index (χ1v) is 9.45. The van der Waals surface area contributed by atoms with Gasteiger partial charge in [-0.15, -0.1) is 0 Å². The number of pyridine rings is 1. The van der Waals surface area contributed by atoms with Crippen molar-refractivity contribution in [2.45, 2.75) is 33.5 Å². The molecule has 176 valence electrons. The zero-order valence-corrected chi connectivity index (χ0v) is 18.1. The summed E-state index contributed by atoms with van der Waals surface area (Å²) in [6.07, 6.45) is -0.0186. The van der Waals surface area contributed by atoms with Crippen LogP contribution in [0, 0.1) is 6.92 Å². The van der Waals surface area contributed by atoms with E-state index in [2.05, 4.69) is 15.4 Å². The van der Waals surface area contributed by atoms with E-state index in [1.165, 1.54) is 34.1 Å². The van der Waals surface area contributed by atoms with Crippen LogP contribution in [0.4, 0.5) is 24.5 Å². The molecule has 0 saturated carbocycles. The number of rotatable bonds is 3. The van der Waals surface area contributed by atoms with Gasteiger partial charge in [0.2, 0.25) is 0 Å². The average molecular weight is 480 g/mol. The van der Waals surface area contributed by atoms with Crippen molar-refractivity contribution in [3.63, 3.8) is 0 Å². The molecule has 1 aromatic carbocycles. The van der Waals surface area contributed by atoms with Crippen molar-refractivity contribution in [1.82, 2.24) is 14.8 Å². The second-order valence-corrected chi connectivity index (χ2v) is 7.37. The van der Waals surface area contributed by atoms with Crippen molar-refractivity contribution in [1.29, 1.82) is 0 Å². The fraction of sp³-hybridized carbons (Fsp3) is 0.273. The number of hydrogen-bond donors (Lipinski definition) is 1. The Labute approximate surface area is 196 Å². The Morgan fingerprint density at radius 1 is 1.15 bits per heavy atom. The van der Waals surface area contributed by atoms with E-state index in [9.17, 15) is 22.8 Å². The van der Waals surface area contributed by atoms with Gasteiger partial charge in [0.05, 0.1) is 35.2 Å². The summed E-state index contributed by atoms with van der Waals surface area (Å²) in [7, 11) is 0. The molecule has 4 rings (SSSR count). The summed E-state index contributed by atoms with van der Waals surface area (Å²) >= 11 is 0. The highest BCUT2D eigenvalue weighted by Crippen LogP contribution is 2.33. The number of carbonyl (C=O) groups is 2. The number of anilines is 2. The lowest BCUT2D eigenvalue weighted by Crippen LogP contribution is -2.43. The second kappa shape index (κ2) is 9.65. The Morgan fingerprint density at radius 3 is 2.42 bits per heavy atom. The molecule has 0 spiro atoms. The van der Waals surface area contributed by atoms with Gasteiger partial charge in [0, 0.05) is 18.4 Å². The van der Waals surface area contributed by atoms with Crippen LogP contribution in [0.3, 0.4) is 0 Å². The number of fused-ring (bicyclic) bond motifs is 1. The molecule has 33 heavy (non-hydrogen) atoms. The van der Waals surface area contributed by atoms with Crippen molar-refractivity contribution >= 4 is 36.7 Å². The quantitative estimate of drug-likeness (QED) is 0.584. The van der Waals surface area contributed by atoms with Gasteiger partial charge in [0.1, 0.15) is 5.69 Å². The Bertz CT molecular complexity index is 1160. The standard InChI is InChI=1S/C21H18F3N5O2.CH4.H2S/c1-12-7-15(9-25-8-12)27-19(30)17-10-26-29-13(2)11-28(20(31)18(17)29)16-5-3-14(4-6-16)21(22,23)24;;/h3-10,13H,11H2,1-2H3,(H,27,30);1H4;1H2/t13-;;/m0../s1. The van der Waals surface area contributed by atoms with Crippen LogP contribution in [-0.4, -0.2) is 33.1 Å². The third kappa shape index (κ3) is 5.03. The third-order valence-electron chi connectivity index (χ3n) is 4.99. The van der Waals surface area contributed by atoms with E-state index in [1.807, 2.05) is 13.8 Å². The van der Waals surface area contributed by atoms with Crippen molar-refractivity contribution in [2.24, 2.45) is 0 Å². The normalized spacial score (nSPS) is 15.2. The van der Waals surface area contributed by atoms with E-state index >= 15 is 0 Å². The van der Waals surface area contributed by atoms with Crippen LogP contribution in [0.25, 0.3) is 0 Å². The number of aryl methyl sites for hydroxylation is 1. The SMILES string of the molecule is C.Cc1cncc(NC(=O)c2cnn3c2C(=O)N(c2ccc(C(F)(F)F)cc2)C[C@@H]3C)c1.S. The molecule has 0 radical (unpaired) electrons. The molecule has 1 aliphatic rings. The van der Waals surface area contributed by atoms with Crippen molar-refractivity contribution in [3.05, 3.63) is 71.3 Å². The van der Waals surface area contributed by atoms with E-state index in [1.54, 1.807) is 12.3 Å². The minimum atomic E-state index is -4.47. The summed E-state index contributed by atoms with van der Waals surface area (Å²) in [5.74, 6) is -1.04. The molecule has 2 amide bonds. The lowest BCUT2D eigenvalue weighted by atomic mass is 10.1. The minimum absolute atomic E-state index is 0. The Morgan fingerprint density at radius 2 is 1.82 bits per heavy atom. The number of benzene rings is 1. The molecule has 1 N–H and O–H groups in total. The summed E-state index contributed by atoms with van der Waals surface area (Å²) in [5, 5.41) is 6.89. The number of amides is 2. The van der Waals surface area contributed by atoms with Gasteiger partial charge in [-0.2, -0.15) is 31.8 Å². The first kappa shape index (κ1) is 25.9. The highest BCUT2D eigenvalue weighted by molar-refractivity contribution is 7.59. The molecule has 7 nitrogen and oxygen atoms in total. The van der Waals surface area contributed by atoms with Gasteiger partial charge in [0.25, 0.3) is 11.8 Å². The largest absolute Gasteiger partial charge is 0.416 e. The van der Waals surface area contributed by atoms with Gasteiger partial charge >= 0.3 is 6.18 Å². The number of aromatic nitrogens is 3. The maximum atomic E-state index is 13.2. The van der Waals surface area contributed by atoms with E-state index < -0.39 is 23.6 Å². The number of carbonyl (C=O) groups excluding carboxylic acids is 2. The van der Waals surface area contributed by atoms with Gasteiger partial charge in [-0.05, 0) is 49.7 Å². The summed E-state index contributed by atoms with van der Waals surface area (Å²) in [6, 6.07) is 5.81. The number of nitrogens with one attached hydrogen (secondary N) is 1. The molecular formula is C22H24F3N5O2S. The van der Waals surface area contributed by atoms with E-state index in [4.69, 9.17) is 0 Å². The van der Waals surface area contributed by atoms with E-state index in [0.717, 1.165) is 17.7 Å². The van der Waals surface area contributed by atoms with Crippen LogP contribution < -0.4 is 10.2 Å². The lowest BCUT2D eigenvalue weighted by Gasteiger charge is -2.32. The molecule has 11 heteroatoms. The zero-order valence-electron chi connectivity index (χ0n) is 17.1. The smallest absolute Gasteiger partial charge is 0.320 e. The predicted molar refractivity (Wildman–Crippen MR) is 124 cm³/mol. The molecule has 3 heterocycles. The molecule has 1 atom stereocenters. The summed E-state index contributed by atoms with van der Waals surface area (Å²) in [4.78, 5) is 31.4. The van der Waals surface area contributed by atoms with Crippen LogP contribution in [-0.2, 0) is 6.18 Å².